The van der Waals surface area contributed by atoms with Crippen LogP contribution in [0.1, 0.15) is 53.9 Å². The lowest BCUT2D eigenvalue weighted by Crippen LogP contribution is -2.22. The second-order valence-electron chi connectivity index (χ2n) is 4.84. The van der Waals surface area contributed by atoms with Crippen molar-refractivity contribution in [3.05, 3.63) is 24.3 Å². The summed E-state index contributed by atoms with van der Waals surface area (Å²) in [7, 11) is 0. The van der Waals surface area contributed by atoms with E-state index in [9.17, 15) is 0 Å². The van der Waals surface area contributed by atoms with Crippen molar-refractivity contribution in [3.8, 4) is 0 Å². The van der Waals surface area contributed by atoms with Crippen LogP contribution in [0.15, 0.2) is 24.3 Å². The summed E-state index contributed by atoms with van der Waals surface area (Å²) in [6.45, 7) is 15.2. The molecule has 2 unspecified atom stereocenters. The fourth-order valence-corrected chi connectivity index (χ4v) is 1.69. The number of rotatable bonds is 6. The van der Waals surface area contributed by atoms with E-state index < -0.39 is 0 Å². The fourth-order valence-electron chi connectivity index (χ4n) is 1.69. The van der Waals surface area contributed by atoms with Gasteiger partial charge in [0, 0.05) is 0 Å². The van der Waals surface area contributed by atoms with Crippen LogP contribution in [0, 0.1) is 11.3 Å². The molecular formula is C14H26. The Morgan fingerprint density at radius 1 is 1.43 bits per heavy atom. The molecule has 14 heavy (non-hydrogen) atoms. The third-order valence-electron chi connectivity index (χ3n) is 3.44. The Morgan fingerprint density at radius 2 is 2.00 bits per heavy atom. The molecular weight excluding hydrogens is 168 g/mol. The fraction of sp³-hybridized carbons (Fsp3) is 0.714. The second kappa shape index (κ2) is 6.06. The molecule has 2 atom stereocenters. The first-order valence-corrected chi connectivity index (χ1v) is 5.73. The SMILES string of the molecule is C=CC(C)(CCC=C(C)C)C(C)CC. The molecule has 0 aliphatic heterocycles. The monoisotopic (exact) mass is 194 g/mol. The highest BCUT2D eigenvalue weighted by molar-refractivity contribution is 4.99. The van der Waals surface area contributed by atoms with Gasteiger partial charge < -0.3 is 0 Å². The lowest BCUT2D eigenvalue weighted by molar-refractivity contribution is 0.251. The maximum atomic E-state index is 3.98. The Morgan fingerprint density at radius 3 is 2.36 bits per heavy atom. The minimum Gasteiger partial charge on any atom is -0.103 e. The van der Waals surface area contributed by atoms with Gasteiger partial charge in [0.05, 0.1) is 0 Å². The van der Waals surface area contributed by atoms with Crippen molar-refractivity contribution in [2.24, 2.45) is 11.3 Å². The second-order valence-corrected chi connectivity index (χ2v) is 4.84. The van der Waals surface area contributed by atoms with Crippen molar-refractivity contribution >= 4 is 0 Å². The summed E-state index contributed by atoms with van der Waals surface area (Å²) in [5.41, 5.74) is 1.72. The highest BCUT2D eigenvalue weighted by atomic mass is 14.3. The summed E-state index contributed by atoms with van der Waals surface area (Å²) in [6.07, 6.45) is 8.09. The van der Waals surface area contributed by atoms with E-state index >= 15 is 0 Å². The third kappa shape index (κ3) is 4.13. The van der Waals surface area contributed by atoms with Crippen LogP contribution in [-0.2, 0) is 0 Å². The van der Waals surface area contributed by atoms with Crippen molar-refractivity contribution in [1.82, 2.24) is 0 Å². The lowest BCUT2D eigenvalue weighted by atomic mass is 9.73. The largest absolute Gasteiger partial charge is 0.103 e. The zero-order chi connectivity index (χ0) is 11.2. The molecule has 0 fully saturated rings. The van der Waals surface area contributed by atoms with Gasteiger partial charge >= 0.3 is 0 Å². The van der Waals surface area contributed by atoms with Gasteiger partial charge in [-0.3, -0.25) is 0 Å². The average molecular weight is 194 g/mol. The van der Waals surface area contributed by atoms with Crippen LogP contribution in [0.5, 0.6) is 0 Å². The van der Waals surface area contributed by atoms with E-state index in [1.165, 1.54) is 24.8 Å². The molecule has 0 amide bonds. The van der Waals surface area contributed by atoms with Gasteiger partial charge in [-0.1, -0.05) is 44.9 Å². The smallest absolute Gasteiger partial charge is 0.0121 e. The predicted octanol–water partition coefficient (Wildman–Crippen LogP) is 4.97. The first kappa shape index (κ1) is 13.5. The maximum absolute atomic E-state index is 3.98. The van der Waals surface area contributed by atoms with Gasteiger partial charge in [-0.15, -0.1) is 6.58 Å². The zero-order valence-corrected chi connectivity index (χ0v) is 10.6. The van der Waals surface area contributed by atoms with Gasteiger partial charge in [0.25, 0.3) is 0 Å². The van der Waals surface area contributed by atoms with Crippen molar-refractivity contribution in [2.75, 3.05) is 0 Å². The maximum Gasteiger partial charge on any atom is -0.0121 e. The van der Waals surface area contributed by atoms with Gasteiger partial charge in [0.1, 0.15) is 0 Å². The summed E-state index contributed by atoms with van der Waals surface area (Å²) in [4.78, 5) is 0. The minimum atomic E-state index is 0.306. The van der Waals surface area contributed by atoms with Gasteiger partial charge in [-0.2, -0.15) is 0 Å². The first-order chi connectivity index (χ1) is 6.46. The molecule has 0 aromatic heterocycles. The van der Waals surface area contributed by atoms with E-state index in [1.54, 1.807) is 0 Å². The predicted molar refractivity (Wildman–Crippen MR) is 66.4 cm³/mol. The molecule has 0 N–H and O–H groups in total. The van der Waals surface area contributed by atoms with Crippen LogP contribution in [0.4, 0.5) is 0 Å². The molecule has 0 spiro atoms. The molecule has 0 aromatic rings. The van der Waals surface area contributed by atoms with Crippen molar-refractivity contribution in [1.29, 1.82) is 0 Å². The number of hydrogen-bond donors (Lipinski definition) is 0. The summed E-state index contributed by atoms with van der Waals surface area (Å²) in [6, 6.07) is 0. The third-order valence-corrected chi connectivity index (χ3v) is 3.44. The number of allylic oxidation sites excluding steroid dienone is 3. The normalized spacial score (nSPS) is 16.9. The van der Waals surface area contributed by atoms with Crippen LogP contribution in [0.3, 0.4) is 0 Å². The molecule has 0 saturated carbocycles. The van der Waals surface area contributed by atoms with E-state index in [-0.39, 0.29) is 0 Å². The average Bonchev–Trinajstić information content (AvgIpc) is 2.15. The van der Waals surface area contributed by atoms with Gasteiger partial charge in [-0.05, 0) is 38.0 Å². The Balaban J connectivity index is 4.26. The molecule has 0 radical (unpaired) electrons. The summed E-state index contributed by atoms with van der Waals surface area (Å²) in [5, 5.41) is 0. The van der Waals surface area contributed by atoms with Crippen LogP contribution >= 0.6 is 0 Å². The number of hydrogen-bond acceptors (Lipinski definition) is 0. The highest BCUT2D eigenvalue weighted by Crippen LogP contribution is 2.35. The minimum absolute atomic E-state index is 0.306. The molecule has 82 valence electrons. The van der Waals surface area contributed by atoms with Gasteiger partial charge in [0.15, 0.2) is 0 Å². The van der Waals surface area contributed by atoms with Crippen molar-refractivity contribution in [3.63, 3.8) is 0 Å². The van der Waals surface area contributed by atoms with Crippen LogP contribution in [0.25, 0.3) is 0 Å². The Bertz CT molecular complexity index is 196. The Kier molecular flexibility index (Phi) is 5.83. The van der Waals surface area contributed by atoms with E-state index in [0.717, 1.165) is 5.92 Å². The first-order valence-electron chi connectivity index (χ1n) is 5.73. The standard InChI is InChI=1S/C14H26/c1-7-13(5)14(6,8-2)11-9-10-12(3)4/h8,10,13H,2,7,9,11H2,1,3-6H3. The molecule has 0 aromatic carbocycles. The quantitative estimate of drug-likeness (QED) is 0.524. The molecule has 0 heteroatoms. The summed E-state index contributed by atoms with van der Waals surface area (Å²) >= 11 is 0. The molecule has 0 saturated heterocycles. The van der Waals surface area contributed by atoms with Crippen LogP contribution in [0.2, 0.25) is 0 Å². The van der Waals surface area contributed by atoms with Crippen molar-refractivity contribution < 1.29 is 0 Å². The van der Waals surface area contributed by atoms with E-state index in [0.29, 0.717) is 5.41 Å². The van der Waals surface area contributed by atoms with E-state index in [4.69, 9.17) is 0 Å². The Labute approximate surface area is 90.1 Å². The molecule has 0 aliphatic rings. The topological polar surface area (TPSA) is 0 Å². The van der Waals surface area contributed by atoms with Gasteiger partial charge in [0.2, 0.25) is 0 Å². The van der Waals surface area contributed by atoms with E-state index in [1.807, 2.05) is 0 Å². The van der Waals surface area contributed by atoms with Crippen molar-refractivity contribution in [2.45, 2.75) is 53.9 Å². The van der Waals surface area contributed by atoms with Crippen LogP contribution in [-0.4, -0.2) is 0 Å². The molecule has 0 bridgehead atoms. The summed E-state index contributed by atoms with van der Waals surface area (Å²) < 4.78 is 0. The molecule has 0 aliphatic carbocycles. The Hall–Kier alpha value is -0.520. The summed E-state index contributed by atoms with van der Waals surface area (Å²) in [5.74, 6) is 0.727. The van der Waals surface area contributed by atoms with Crippen LogP contribution < -0.4 is 0 Å². The molecule has 0 rings (SSSR count). The highest BCUT2D eigenvalue weighted by Gasteiger charge is 2.25. The molecule has 0 nitrogen and oxygen atoms in total. The van der Waals surface area contributed by atoms with Gasteiger partial charge in [-0.25, -0.2) is 0 Å². The lowest BCUT2D eigenvalue weighted by Gasteiger charge is -2.32. The zero-order valence-electron chi connectivity index (χ0n) is 10.6. The van der Waals surface area contributed by atoms with E-state index in [2.05, 4.69) is 53.3 Å². The molecule has 0 heterocycles.